The smallest absolute Gasteiger partial charge is 0.226 e. The Morgan fingerprint density at radius 2 is 2.09 bits per heavy atom. The highest BCUT2D eigenvalue weighted by Gasteiger charge is 2.44. The largest absolute Gasteiger partial charge is 0.382 e. The fourth-order valence-electron chi connectivity index (χ4n) is 3.56. The lowest BCUT2D eigenvalue weighted by Crippen LogP contribution is -2.44. The zero-order valence-electron chi connectivity index (χ0n) is 12.0. The van der Waals surface area contributed by atoms with Gasteiger partial charge in [-0.15, -0.1) is 0 Å². The van der Waals surface area contributed by atoms with Gasteiger partial charge >= 0.3 is 0 Å². The van der Waals surface area contributed by atoms with Crippen LogP contribution in [-0.2, 0) is 4.79 Å². The maximum atomic E-state index is 12.1. The summed E-state index contributed by atoms with van der Waals surface area (Å²) in [5.41, 5.74) is 6.56. The highest BCUT2D eigenvalue weighted by molar-refractivity contribution is 9.10. The third kappa shape index (κ3) is 1.89. The van der Waals surface area contributed by atoms with E-state index in [-0.39, 0.29) is 11.3 Å². The standard InChI is InChI=1S/C14H17BrN6O/c15-10-9-11(16)17-5-8-21(9)13(19-10)20-6-2-14(3-7-20)1-4-18-12(14)22/h5,8H,1-4,6-7H2,(H2,16,17)(H,18,22). The predicted octanol–water partition coefficient (Wildman–Crippen LogP) is 1.18. The number of carbonyl (C=O) groups is 1. The molecule has 2 saturated heterocycles. The molecule has 0 atom stereocenters. The molecule has 0 aliphatic carbocycles. The summed E-state index contributed by atoms with van der Waals surface area (Å²) in [6.45, 7) is 2.45. The average Bonchev–Trinajstić information content (AvgIpc) is 3.03. The van der Waals surface area contributed by atoms with Gasteiger partial charge in [0.1, 0.15) is 10.1 Å². The van der Waals surface area contributed by atoms with Crippen LogP contribution < -0.4 is 16.0 Å². The maximum absolute atomic E-state index is 12.1. The first kappa shape index (κ1) is 13.8. The Bertz CT molecular complexity index is 749. The molecule has 7 nitrogen and oxygen atoms in total. The number of hydrogen-bond donors (Lipinski definition) is 2. The molecular formula is C14H17BrN6O. The van der Waals surface area contributed by atoms with Crippen LogP contribution in [0.2, 0.25) is 0 Å². The lowest BCUT2D eigenvalue weighted by molar-refractivity contribution is -0.128. The van der Waals surface area contributed by atoms with Crippen LogP contribution in [0.15, 0.2) is 17.0 Å². The van der Waals surface area contributed by atoms with E-state index in [0.29, 0.717) is 10.4 Å². The zero-order chi connectivity index (χ0) is 15.3. The van der Waals surface area contributed by atoms with E-state index < -0.39 is 0 Å². The minimum absolute atomic E-state index is 0.165. The van der Waals surface area contributed by atoms with Crippen LogP contribution in [0, 0.1) is 5.41 Å². The van der Waals surface area contributed by atoms with Gasteiger partial charge in [0.15, 0.2) is 5.82 Å². The Balaban J connectivity index is 1.65. The molecule has 22 heavy (non-hydrogen) atoms. The van der Waals surface area contributed by atoms with Gasteiger partial charge in [-0.1, -0.05) is 0 Å². The number of aromatic nitrogens is 3. The first-order chi connectivity index (χ1) is 10.6. The summed E-state index contributed by atoms with van der Waals surface area (Å²) >= 11 is 3.46. The molecule has 0 saturated carbocycles. The number of amides is 1. The van der Waals surface area contributed by atoms with Crippen LogP contribution in [0.5, 0.6) is 0 Å². The van der Waals surface area contributed by atoms with Gasteiger partial charge in [0.05, 0.1) is 5.41 Å². The van der Waals surface area contributed by atoms with Crippen LogP contribution in [0.1, 0.15) is 19.3 Å². The molecule has 1 spiro atoms. The molecule has 3 N–H and O–H groups in total. The molecule has 2 aromatic rings. The summed E-state index contributed by atoms with van der Waals surface area (Å²) in [6, 6.07) is 0. The van der Waals surface area contributed by atoms with E-state index in [2.05, 4.69) is 36.1 Å². The number of anilines is 2. The Labute approximate surface area is 136 Å². The highest BCUT2D eigenvalue weighted by Crippen LogP contribution is 2.39. The molecular weight excluding hydrogens is 348 g/mol. The van der Waals surface area contributed by atoms with Crippen molar-refractivity contribution >= 4 is 39.1 Å². The molecule has 8 heteroatoms. The van der Waals surface area contributed by atoms with Crippen molar-refractivity contribution in [3.05, 3.63) is 17.0 Å². The molecule has 4 rings (SSSR count). The SMILES string of the molecule is Nc1nccn2c(N3CCC4(CCNC4=O)CC3)nc(Br)c12. The lowest BCUT2D eigenvalue weighted by Gasteiger charge is -2.37. The molecule has 1 amide bonds. The summed E-state index contributed by atoms with van der Waals surface area (Å²) in [5.74, 6) is 1.52. The average molecular weight is 365 g/mol. The number of piperidine rings is 1. The Kier molecular flexibility index (Phi) is 3.04. The third-order valence-electron chi connectivity index (χ3n) is 4.90. The van der Waals surface area contributed by atoms with Crippen molar-refractivity contribution in [2.75, 3.05) is 30.3 Å². The Morgan fingerprint density at radius 1 is 1.32 bits per heavy atom. The van der Waals surface area contributed by atoms with E-state index in [1.807, 2.05) is 10.6 Å². The number of nitrogen functional groups attached to an aromatic ring is 1. The van der Waals surface area contributed by atoms with E-state index in [1.54, 1.807) is 6.20 Å². The van der Waals surface area contributed by atoms with Crippen molar-refractivity contribution in [1.29, 1.82) is 0 Å². The summed E-state index contributed by atoms with van der Waals surface area (Å²) in [7, 11) is 0. The molecule has 0 radical (unpaired) electrons. The molecule has 2 fully saturated rings. The summed E-state index contributed by atoms with van der Waals surface area (Å²) in [5, 5.41) is 2.97. The maximum Gasteiger partial charge on any atom is 0.226 e. The molecule has 2 aromatic heterocycles. The van der Waals surface area contributed by atoms with E-state index in [1.165, 1.54) is 0 Å². The first-order valence-corrected chi connectivity index (χ1v) is 8.21. The van der Waals surface area contributed by atoms with Crippen molar-refractivity contribution in [3.63, 3.8) is 0 Å². The topological polar surface area (TPSA) is 88.5 Å². The van der Waals surface area contributed by atoms with Crippen LogP contribution in [0.25, 0.3) is 5.52 Å². The van der Waals surface area contributed by atoms with Crippen LogP contribution in [0.4, 0.5) is 11.8 Å². The lowest BCUT2D eigenvalue weighted by atomic mass is 9.77. The summed E-state index contributed by atoms with van der Waals surface area (Å²) < 4.78 is 2.66. The van der Waals surface area contributed by atoms with Crippen molar-refractivity contribution in [1.82, 2.24) is 19.7 Å². The second-order valence-electron chi connectivity index (χ2n) is 6.01. The van der Waals surface area contributed by atoms with Gasteiger partial charge in [-0.2, -0.15) is 0 Å². The number of rotatable bonds is 1. The Hall–Kier alpha value is -1.83. The van der Waals surface area contributed by atoms with Crippen molar-refractivity contribution in [3.8, 4) is 0 Å². The first-order valence-electron chi connectivity index (χ1n) is 7.42. The zero-order valence-corrected chi connectivity index (χ0v) is 13.6. The highest BCUT2D eigenvalue weighted by atomic mass is 79.9. The minimum Gasteiger partial charge on any atom is -0.382 e. The molecule has 0 bridgehead atoms. The third-order valence-corrected chi connectivity index (χ3v) is 5.45. The fraction of sp³-hybridized carbons (Fsp3) is 0.500. The Morgan fingerprint density at radius 3 is 2.77 bits per heavy atom. The second kappa shape index (κ2) is 4.84. The summed E-state index contributed by atoms with van der Waals surface area (Å²) in [6.07, 6.45) is 6.22. The number of carbonyl (C=O) groups excluding carboxylic acids is 1. The molecule has 2 aliphatic heterocycles. The van der Waals surface area contributed by atoms with Crippen molar-refractivity contribution < 1.29 is 4.79 Å². The van der Waals surface area contributed by atoms with Gasteiger partial charge in [-0.3, -0.25) is 9.20 Å². The molecule has 4 heterocycles. The van der Waals surface area contributed by atoms with Gasteiger partial charge in [0.2, 0.25) is 11.9 Å². The predicted molar refractivity (Wildman–Crippen MR) is 86.6 cm³/mol. The van der Waals surface area contributed by atoms with E-state index in [0.717, 1.165) is 50.4 Å². The number of nitrogens with two attached hydrogens (primary N) is 1. The monoisotopic (exact) mass is 364 g/mol. The van der Waals surface area contributed by atoms with Gasteiger partial charge in [0, 0.05) is 32.0 Å². The van der Waals surface area contributed by atoms with Crippen molar-refractivity contribution in [2.45, 2.75) is 19.3 Å². The molecule has 2 aliphatic rings. The second-order valence-corrected chi connectivity index (χ2v) is 6.76. The van der Waals surface area contributed by atoms with E-state index in [4.69, 9.17) is 5.73 Å². The van der Waals surface area contributed by atoms with E-state index in [9.17, 15) is 4.79 Å². The number of hydrogen-bond acceptors (Lipinski definition) is 5. The molecule has 0 aromatic carbocycles. The van der Waals surface area contributed by atoms with Crippen LogP contribution in [0.3, 0.4) is 0 Å². The number of imidazole rings is 1. The van der Waals surface area contributed by atoms with Gasteiger partial charge < -0.3 is 16.0 Å². The van der Waals surface area contributed by atoms with Gasteiger partial charge in [0.25, 0.3) is 0 Å². The fourth-order valence-corrected chi connectivity index (χ4v) is 4.11. The van der Waals surface area contributed by atoms with Crippen molar-refractivity contribution in [2.24, 2.45) is 5.41 Å². The van der Waals surface area contributed by atoms with Gasteiger partial charge in [-0.25, -0.2) is 9.97 Å². The van der Waals surface area contributed by atoms with Crippen LogP contribution >= 0.6 is 15.9 Å². The normalized spacial score (nSPS) is 20.8. The number of fused-ring (bicyclic) bond motifs is 1. The number of halogens is 1. The summed E-state index contributed by atoms with van der Waals surface area (Å²) in [4.78, 5) is 23.0. The van der Waals surface area contributed by atoms with Crippen LogP contribution in [-0.4, -0.2) is 39.9 Å². The van der Waals surface area contributed by atoms with Gasteiger partial charge in [-0.05, 0) is 35.2 Å². The molecule has 116 valence electrons. The number of nitrogens with zero attached hydrogens (tertiary/aromatic N) is 4. The van der Waals surface area contributed by atoms with E-state index >= 15 is 0 Å². The quantitative estimate of drug-likeness (QED) is 0.792. The number of nitrogens with one attached hydrogen (secondary N) is 1. The minimum atomic E-state index is -0.165. The molecule has 0 unspecified atom stereocenters.